The zero-order valence-electron chi connectivity index (χ0n) is 4.16. The molecular weight excluding hydrogens is 156 g/mol. The number of rotatable bonds is 1. The van der Waals surface area contributed by atoms with E-state index in [0.29, 0.717) is 0 Å². The largest absolute Gasteiger partial charge is 0.0934 e. The van der Waals surface area contributed by atoms with Gasteiger partial charge in [0.1, 0.15) is 0 Å². The van der Waals surface area contributed by atoms with Gasteiger partial charge in [-0.25, -0.2) is 0 Å². The summed E-state index contributed by atoms with van der Waals surface area (Å²) in [7, 11) is -0.522. The Balaban J connectivity index is 3.26. The maximum absolute atomic E-state index is 3.73. The van der Waals surface area contributed by atoms with Crippen molar-refractivity contribution in [3.8, 4) is 0 Å². The van der Waals surface area contributed by atoms with Gasteiger partial charge >= 0.3 is 0 Å². The van der Waals surface area contributed by atoms with E-state index in [1.165, 1.54) is 4.11 Å². The lowest BCUT2D eigenvalue weighted by Crippen LogP contribution is -1.96. The molecule has 0 aliphatic carbocycles. The molecule has 0 spiro atoms. The molecule has 0 aliphatic rings. The molecule has 0 aliphatic heterocycles. The lowest BCUT2D eigenvalue weighted by atomic mass is 11.3. The van der Waals surface area contributed by atoms with Crippen molar-refractivity contribution in [1.29, 1.82) is 0 Å². The van der Waals surface area contributed by atoms with Crippen LogP contribution in [-0.4, -0.2) is 8.80 Å². The highest BCUT2D eigenvalue weighted by molar-refractivity contribution is 9.12. The Kier molecular flexibility index (Phi) is 2.77. The van der Waals surface area contributed by atoms with Crippen molar-refractivity contribution in [3.05, 3.63) is 10.7 Å². The number of hydrogen-bond acceptors (Lipinski definition) is 0. The predicted octanol–water partition coefficient (Wildman–Crippen LogP) is 1.92. The van der Waals surface area contributed by atoms with Crippen LogP contribution in [0, 0.1) is 0 Å². The van der Waals surface area contributed by atoms with Crippen molar-refractivity contribution in [1.82, 2.24) is 0 Å². The van der Waals surface area contributed by atoms with Crippen LogP contribution in [0.5, 0.6) is 0 Å². The average Bonchev–Trinajstić information content (AvgIpc) is 1.36. The van der Waals surface area contributed by atoms with E-state index in [0.717, 1.165) is 0 Å². The Hall–Kier alpha value is 0.437. The van der Waals surface area contributed by atoms with Gasteiger partial charge in [0.05, 0.1) is 8.80 Å². The average molecular weight is 165 g/mol. The molecule has 0 saturated carbocycles. The van der Waals surface area contributed by atoms with Gasteiger partial charge in [-0.1, -0.05) is 35.6 Å². The minimum atomic E-state index is -0.522. The first-order valence-corrected chi connectivity index (χ1v) is 5.67. The van der Waals surface area contributed by atoms with Gasteiger partial charge in [0.2, 0.25) is 0 Å². The van der Waals surface area contributed by atoms with E-state index in [1.807, 2.05) is 0 Å². The summed E-state index contributed by atoms with van der Waals surface area (Å²) < 4.78 is 1.21. The second kappa shape index (κ2) is 2.58. The molecule has 0 rings (SSSR count). The molecule has 0 saturated heterocycles. The second-order valence-electron chi connectivity index (χ2n) is 1.60. The van der Waals surface area contributed by atoms with E-state index in [4.69, 9.17) is 0 Å². The van der Waals surface area contributed by atoms with Crippen LogP contribution in [0.3, 0.4) is 0 Å². The van der Waals surface area contributed by atoms with Crippen molar-refractivity contribution in [2.75, 3.05) is 0 Å². The van der Waals surface area contributed by atoms with Crippen LogP contribution in [0.1, 0.15) is 0 Å². The topological polar surface area (TPSA) is 0 Å². The molecule has 2 heteroatoms. The molecule has 6 heavy (non-hydrogen) atoms. The summed E-state index contributed by atoms with van der Waals surface area (Å²) in [6.45, 7) is 8.20. The van der Waals surface area contributed by atoms with Crippen molar-refractivity contribution in [2.45, 2.75) is 13.1 Å². The minimum Gasteiger partial charge on any atom is -0.0934 e. The van der Waals surface area contributed by atoms with Gasteiger partial charge in [-0.2, -0.15) is 0 Å². The van der Waals surface area contributed by atoms with E-state index < -0.39 is 8.80 Å². The molecule has 0 aromatic carbocycles. The molecule has 0 N–H and O–H groups in total. The van der Waals surface area contributed by atoms with Crippen molar-refractivity contribution >= 4 is 24.7 Å². The summed E-state index contributed by atoms with van der Waals surface area (Å²) in [4.78, 5) is 0. The van der Waals surface area contributed by atoms with Crippen LogP contribution in [0.15, 0.2) is 10.7 Å². The fraction of sp³-hybridized carbons (Fsp3) is 0.500. The van der Waals surface area contributed by atoms with E-state index in [1.54, 1.807) is 0 Å². The number of halogens is 1. The Bertz CT molecular complexity index is 58.6. The van der Waals surface area contributed by atoms with Gasteiger partial charge in [-0.3, -0.25) is 0 Å². The van der Waals surface area contributed by atoms with Crippen LogP contribution >= 0.6 is 15.9 Å². The Morgan fingerprint density at radius 3 is 1.83 bits per heavy atom. The molecule has 36 valence electrons. The van der Waals surface area contributed by atoms with E-state index >= 15 is 0 Å². The van der Waals surface area contributed by atoms with Gasteiger partial charge < -0.3 is 0 Å². The van der Waals surface area contributed by atoms with E-state index in [-0.39, 0.29) is 0 Å². The Labute approximate surface area is 49.0 Å². The standard InChI is InChI=1S/C4H9BrSi/c1-4(5)6(2)3/h6H,1H2,2-3H3. The van der Waals surface area contributed by atoms with Gasteiger partial charge in [0.25, 0.3) is 0 Å². The summed E-state index contributed by atoms with van der Waals surface area (Å²) in [5.41, 5.74) is 0. The first-order valence-electron chi connectivity index (χ1n) is 1.99. The van der Waals surface area contributed by atoms with Gasteiger partial charge in [-0.05, 0) is 4.11 Å². The summed E-state index contributed by atoms with van der Waals surface area (Å²) >= 11 is 3.31. The molecule has 0 amide bonds. The lowest BCUT2D eigenvalue weighted by molar-refractivity contribution is 1.99. The minimum absolute atomic E-state index is 0.522. The highest BCUT2D eigenvalue weighted by atomic mass is 79.9. The van der Waals surface area contributed by atoms with Crippen LogP contribution in [-0.2, 0) is 0 Å². The highest BCUT2D eigenvalue weighted by Gasteiger charge is 1.92. The fourth-order valence-electron chi connectivity index (χ4n) is 0. The van der Waals surface area contributed by atoms with Crippen molar-refractivity contribution < 1.29 is 0 Å². The van der Waals surface area contributed by atoms with E-state index in [9.17, 15) is 0 Å². The molecule has 0 heterocycles. The van der Waals surface area contributed by atoms with Gasteiger partial charge in [0.15, 0.2) is 0 Å². The smallest absolute Gasteiger partial charge is 0.0729 e. The van der Waals surface area contributed by atoms with Gasteiger partial charge in [0, 0.05) is 0 Å². The second-order valence-corrected chi connectivity index (χ2v) is 6.47. The van der Waals surface area contributed by atoms with E-state index in [2.05, 4.69) is 35.6 Å². The van der Waals surface area contributed by atoms with Crippen LogP contribution in [0.2, 0.25) is 13.1 Å². The van der Waals surface area contributed by atoms with Crippen molar-refractivity contribution in [2.24, 2.45) is 0 Å². The third kappa shape index (κ3) is 2.66. The third-order valence-corrected chi connectivity index (χ3v) is 4.63. The van der Waals surface area contributed by atoms with Crippen molar-refractivity contribution in [3.63, 3.8) is 0 Å². The summed E-state index contributed by atoms with van der Waals surface area (Å²) in [6.07, 6.45) is 0. The quantitative estimate of drug-likeness (QED) is 0.520. The predicted molar refractivity (Wildman–Crippen MR) is 36.9 cm³/mol. The molecule has 0 aromatic rings. The molecule has 0 unspecified atom stereocenters. The Morgan fingerprint density at radius 1 is 1.67 bits per heavy atom. The molecule has 0 radical (unpaired) electrons. The zero-order chi connectivity index (χ0) is 5.15. The molecule has 0 nitrogen and oxygen atoms in total. The van der Waals surface area contributed by atoms with Crippen LogP contribution in [0.4, 0.5) is 0 Å². The maximum atomic E-state index is 3.73. The van der Waals surface area contributed by atoms with Gasteiger partial charge in [-0.15, -0.1) is 0 Å². The monoisotopic (exact) mass is 164 g/mol. The molecule has 0 fully saturated rings. The molecule has 0 aromatic heterocycles. The number of hydrogen-bond donors (Lipinski definition) is 0. The molecule has 0 atom stereocenters. The lowest BCUT2D eigenvalue weighted by Gasteiger charge is -1.92. The first kappa shape index (κ1) is 6.44. The van der Waals surface area contributed by atoms with Crippen LogP contribution < -0.4 is 0 Å². The highest BCUT2D eigenvalue weighted by Crippen LogP contribution is 2.03. The first-order chi connectivity index (χ1) is 2.64. The zero-order valence-corrected chi connectivity index (χ0v) is 6.90. The normalized spacial score (nSPS) is 9.33. The molecule has 0 bridgehead atoms. The third-order valence-electron chi connectivity index (χ3n) is 0.626. The maximum Gasteiger partial charge on any atom is 0.0729 e. The summed E-state index contributed by atoms with van der Waals surface area (Å²) in [5, 5.41) is 0. The summed E-state index contributed by atoms with van der Waals surface area (Å²) in [6, 6.07) is 0. The fourth-order valence-corrected chi connectivity index (χ4v) is 0. The Morgan fingerprint density at radius 2 is 1.83 bits per heavy atom. The SMILES string of the molecule is C=C(Br)[SiH](C)C. The molecular formula is C4H9BrSi. The summed E-state index contributed by atoms with van der Waals surface area (Å²) in [5.74, 6) is 0. The van der Waals surface area contributed by atoms with Crippen LogP contribution in [0.25, 0.3) is 0 Å².